The summed E-state index contributed by atoms with van der Waals surface area (Å²) in [7, 11) is 0. The molecule has 0 bridgehead atoms. The average Bonchev–Trinajstić information content (AvgIpc) is 3.25. The second-order valence-corrected chi connectivity index (χ2v) is 7.66. The Hall–Kier alpha value is -2.78. The first-order valence-corrected chi connectivity index (χ1v) is 9.65. The van der Waals surface area contributed by atoms with Gasteiger partial charge in [-0.2, -0.15) is 9.61 Å². The van der Waals surface area contributed by atoms with Crippen molar-refractivity contribution >= 4 is 43.8 Å². The van der Waals surface area contributed by atoms with Gasteiger partial charge in [0.1, 0.15) is 17.1 Å². The molecular formula is C18H14BrN5O2S. The summed E-state index contributed by atoms with van der Waals surface area (Å²) in [5.41, 5.74) is 2.59. The number of anilines is 1. The Morgan fingerprint density at radius 3 is 2.85 bits per heavy atom. The van der Waals surface area contributed by atoms with Gasteiger partial charge in [-0.15, -0.1) is 10.2 Å². The Bertz CT molecular complexity index is 1080. The summed E-state index contributed by atoms with van der Waals surface area (Å²) in [6.07, 6.45) is 1.56. The van der Waals surface area contributed by atoms with E-state index >= 15 is 0 Å². The molecule has 0 saturated carbocycles. The highest BCUT2D eigenvalue weighted by Crippen LogP contribution is 2.28. The number of hydrogen-bond donors (Lipinski definition) is 1. The fourth-order valence-corrected chi connectivity index (χ4v) is 3.51. The summed E-state index contributed by atoms with van der Waals surface area (Å²) in [6, 6.07) is 13.1. The molecule has 0 atom stereocenters. The molecule has 7 nitrogen and oxygen atoms in total. The molecule has 0 saturated heterocycles. The normalized spacial score (nSPS) is 10.9. The summed E-state index contributed by atoms with van der Waals surface area (Å²) in [5.74, 6) is 0.412. The van der Waals surface area contributed by atoms with Crippen molar-refractivity contribution in [2.24, 2.45) is 0 Å². The fraction of sp³-hybridized carbons (Fsp3) is 0.111. The summed E-state index contributed by atoms with van der Waals surface area (Å²) in [6.45, 7) is 1.87. The first kappa shape index (κ1) is 17.6. The molecule has 0 aliphatic heterocycles. The maximum atomic E-state index is 12.3. The molecule has 0 unspecified atom stereocenters. The summed E-state index contributed by atoms with van der Waals surface area (Å²) < 4.78 is 8.10. The minimum absolute atomic E-state index is 0.0674. The molecule has 4 aromatic rings. The Morgan fingerprint density at radius 1 is 1.26 bits per heavy atom. The van der Waals surface area contributed by atoms with E-state index in [2.05, 4.69) is 36.5 Å². The van der Waals surface area contributed by atoms with Crippen molar-refractivity contribution in [3.05, 3.63) is 58.8 Å². The van der Waals surface area contributed by atoms with Crippen LogP contribution in [-0.2, 0) is 4.79 Å². The minimum atomic E-state index is -0.226. The highest BCUT2D eigenvalue weighted by atomic mass is 79.9. The third-order valence-corrected chi connectivity index (χ3v) is 5.32. The van der Waals surface area contributed by atoms with Crippen molar-refractivity contribution < 1.29 is 9.53 Å². The summed E-state index contributed by atoms with van der Waals surface area (Å²) in [5, 5.41) is 15.9. The Labute approximate surface area is 167 Å². The van der Waals surface area contributed by atoms with Gasteiger partial charge >= 0.3 is 0 Å². The van der Waals surface area contributed by atoms with Crippen molar-refractivity contribution in [3.63, 3.8) is 0 Å². The average molecular weight is 444 g/mol. The van der Waals surface area contributed by atoms with Crippen LogP contribution in [0.3, 0.4) is 0 Å². The maximum absolute atomic E-state index is 12.3. The molecule has 0 aliphatic carbocycles. The van der Waals surface area contributed by atoms with E-state index in [1.807, 2.05) is 37.3 Å². The number of amides is 1. The van der Waals surface area contributed by atoms with Crippen molar-refractivity contribution in [2.45, 2.75) is 6.92 Å². The summed E-state index contributed by atoms with van der Waals surface area (Å²) in [4.78, 5) is 13.0. The lowest BCUT2D eigenvalue weighted by molar-refractivity contribution is -0.118. The first-order chi connectivity index (χ1) is 13.1. The molecule has 0 radical (unpaired) electrons. The van der Waals surface area contributed by atoms with E-state index in [4.69, 9.17) is 4.74 Å². The number of nitrogens with zero attached hydrogens (tertiary/aromatic N) is 4. The zero-order valence-corrected chi connectivity index (χ0v) is 16.6. The van der Waals surface area contributed by atoms with Crippen LogP contribution in [0.25, 0.3) is 15.5 Å². The van der Waals surface area contributed by atoms with E-state index in [1.54, 1.807) is 23.0 Å². The number of carbonyl (C=O) groups is 1. The van der Waals surface area contributed by atoms with E-state index in [-0.39, 0.29) is 12.5 Å². The number of aryl methyl sites for hydroxylation is 1. The minimum Gasteiger partial charge on any atom is -0.484 e. The van der Waals surface area contributed by atoms with Gasteiger partial charge in [-0.3, -0.25) is 4.79 Å². The number of halogens is 1. The zero-order valence-electron chi connectivity index (χ0n) is 14.2. The number of aromatic nitrogens is 4. The number of fused-ring (bicyclic) bond motifs is 1. The number of nitrogens with one attached hydrogen (secondary N) is 1. The highest BCUT2D eigenvalue weighted by Gasteiger charge is 2.11. The Kier molecular flexibility index (Phi) is 4.87. The number of hydrogen-bond acceptors (Lipinski definition) is 6. The molecular weight excluding hydrogens is 430 g/mol. The van der Waals surface area contributed by atoms with Crippen LogP contribution in [0.5, 0.6) is 5.75 Å². The monoisotopic (exact) mass is 443 g/mol. The smallest absolute Gasteiger partial charge is 0.262 e. The third-order valence-electron chi connectivity index (χ3n) is 3.83. The molecule has 2 aromatic heterocycles. The van der Waals surface area contributed by atoms with Crippen LogP contribution >= 0.6 is 27.3 Å². The van der Waals surface area contributed by atoms with Crippen LogP contribution < -0.4 is 10.1 Å². The standard InChI is InChI=1S/C18H14BrN5O2S/c1-11-2-3-12(17-23-24-10-20-22-18(24)27-17)8-15(11)21-16(25)9-26-14-6-4-13(19)5-7-14/h2-8,10H,9H2,1H3,(H,21,25). The lowest BCUT2D eigenvalue weighted by Crippen LogP contribution is -2.20. The van der Waals surface area contributed by atoms with Crippen LogP contribution in [0.2, 0.25) is 0 Å². The molecule has 0 aliphatic rings. The SMILES string of the molecule is Cc1ccc(-c2nn3cnnc3s2)cc1NC(=O)COc1ccc(Br)cc1. The van der Waals surface area contributed by atoms with Gasteiger partial charge in [-0.1, -0.05) is 39.4 Å². The molecule has 9 heteroatoms. The fourth-order valence-electron chi connectivity index (χ4n) is 2.43. The lowest BCUT2D eigenvalue weighted by atomic mass is 10.1. The van der Waals surface area contributed by atoms with Crippen LogP contribution in [0.15, 0.2) is 53.3 Å². The van der Waals surface area contributed by atoms with E-state index in [1.165, 1.54) is 11.3 Å². The Balaban J connectivity index is 1.47. The van der Waals surface area contributed by atoms with Gasteiger partial charge in [0.25, 0.3) is 5.91 Å². The van der Waals surface area contributed by atoms with Gasteiger partial charge < -0.3 is 10.1 Å². The zero-order chi connectivity index (χ0) is 18.8. The quantitative estimate of drug-likeness (QED) is 0.504. The molecule has 136 valence electrons. The summed E-state index contributed by atoms with van der Waals surface area (Å²) >= 11 is 4.80. The highest BCUT2D eigenvalue weighted by molar-refractivity contribution is 9.10. The lowest BCUT2D eigenvalue weighted by Gasteiger charge is -2.11. The van der Waals surface area contributed by atoms with E-state index in [9.17, 15) is 4.79 Å². The maximum Gasteiger partial charge on any atom is 0.262 e. The van der Waals surface area contributed by atoms with Crippen LogP contribution in [-0.4, -0.2) is 32.3 Å². The molecule has 1 amide bonds. The Morgan fingerprint density at radius 2 is 2.07 bits per heavy atom. The van der Waals surface area contributed by atoms with Crippen LogP contribution in [0, 0.1) is 6.92 Å². The van der Waals surface area contributed by atoms with E-state index < -0.39 is 0 Å². The first-order valence-electron chi connectivity index (χ1n) is 8.04. The van der Waals surface area contributed by atoms with E-state index in [0.717, 1.165) is 31.3 Å². The second kappa shape index (κ2) is 7.45. The molecule has 4 rings (SSSR count). The van der Waals surface area contributed by atoms with Gasteiger partial charge in [0, 0.05) is 15.7 Å². The molecule has 2 aromatic carbocycles. The van der Waals surface area contributed by atoms with Crippen molar-refractivity contribution in [1.82, 2.24) is 19.8 Å². The molecule has 0 fully saturated rings. The predicted octanol–water partition coefficient (Wildman–Crippen LogP) is 3.94. The van der Waals surface area contributed by atoms with Crippen molar-refractivity contribution in [1.29, 1.82) is 0 Å². The number of benzene rings is 2. The van der Waals surface area contributed by atoms with Crippen LogP contribution in [0.1, 0.15) is 5.56 Å². The van der Waals surface area contributed by atoms with Gasteiger partial charge in [0.2, 0.25) is 4.96 Å². The topological polar surface area (TPSA) is 81.4 Å². The third kappa shape index (κ3) is 3.99. The van der Waals surface area contributed by atoms with Gasteiger partial charge in [0.15, 0.2) is 6.61 Å². The predicted molar refractivity (Wildman–Crippen MR) is 107 cm³/mol. The number of carbonyl (C=O) groups excluding carboxylic acids is 1. The largest absolute Gasteiger partial charge is 0.484 e. The number of rotatable bonds is 5. The molecule has 27 heavy (non-hydrogen) atoms. The van der Waals surface area contributed by atoms with Gasteiger partial charge in [-0.05, 0) is 42.8 Å². The second-order valence-electron chi connectivity index (χ2n) is 5.79. The van der Waals surface area contributed by atoms with E-state index in [0.29, 0.717) is 5.75 Å². The van der Waals surface area contributed by atoms with Gasteiger partial charge in [-0.25, -0.2) is 0 Å². The van der Waals surface area contributed by atoms with Crippen LogP contribution in [0.4, 0.5) is 5.69 Å². The van der Waals surface area contributed by atoms with Crippen molar-refractivity contribution in [2.75, 3.05) is 11.9 Å². The molecule has 0 spiro atoms. The number of ether oxygens (including phenoxy) is 1. The molecule has 2 heterocycles. The molecule has 1 N–H and O–H groups in total. The van der Waals surface area contributed by atoms with Crippen molar-refractivity contribution in [3.8, 4) is 16.3 Å². The van der Waals surface area contributed by atoms with Gasteiger partial charge in [0.05, 0.1) is 0 Å².